The Balaban J connectivity index is 2.21. The summed E-state index contributed by atoms with van der Waals surface area (Å²) in [5, 5.41) is 0. The van der Waals surface area contributed by atoms with Crippen molar-refractivity contribution in [3.63, 3.8) is 0 Å². The predicted molar refractivity (Wildman–Crippen MR) is 55.8 cm³/mol. The van der Waals surface area contributed by atoms with Gasteiger partial charge in [0.15, 0.2) is 0 Å². The Hall–Kier alpha value is -0.820. The molecule has 2 N–H and O–H groups in total. The van der Waals surface area contributed by atoms with E-state index in [9.17, 15) is 0 Å². The SMILES string of the molecule is C[C@H](N)Cc1ccccc1C1CC1. The standard InChI is InChI=1S/C12H17N/c1-9(13)8-11-4-2-3-5-12(11)10-6-7-10/h2-5,9-10H,6-8,13H2,1H3/t9-/m0/s1. The second kappa shape index (κ2) is 3.51. The van der Waals surface area contributed by atoms with E-state index in [4.69, 9.17) is 5.73 Å². The Labute approximate surface area is 80.0 Å². The lowest BCUT2D eigenvalue weighted by Crippen LogP contribution is -2.18. The van der Waals surface area contributed by atoms with Gasteiger partial charge in [0.2, 0.25) is 0 Å². The lowest BCUT2D eigenvalue weighted by atomic mass is 9.98. The molecule has 0 amide bonds. The number of benzene rings is 1. The third-order valence-electron chi connectivity index (χ3n) is 2.61. The van der Waals surface area contributed by atoms with Crippen LogP contribution in [0.2, 0.25) is 0 Å². The number of hydrogen-bond donors (Lipinski definition) is 1. The molecule has 0 saturated heterocycles. The fraction of sp³-hybridized carbons (Fsp3) is 0.500. The Morgan fingerprint density at radius 2 is 2.08 bits per heavy atom. The van der Waals surface area contributed by atoms with Gasteiger partial charge in [0, 0.05) is 6.04 Å². The summed E-state index contributed by atoms with van der Waals surface area (Å²) in [7, 11) is 0. The van der Waals surface area contributed by atoms with Crippen LogP contribution >= 0.6 is 0 Å². The van der Waals surface area contributed by atoms with Gasteiger partial charge in [-0.1, -0.05) is 24.3 Å². The Morgan fingerprint density at radius 3 is 2.69 bits per heavy atom. The van der Waals surface area contributed by atoms with E-state index in [0.29, 0.717) is 0 Å². The highest BCUT2D eigenvalue weighted by atomic mass is 14.6. The maximum atomic E-state index is 5.81. The van der Waals surface area contributed by atoms with Crippen molar-refractivity contribution in [1.29, 1.82) is 0 Å². The first-order chi connectivity index (χ1) is 6.27. The van der Waals surface area contributed by atoms with Crippen molar-refractivity contribution < 1.29 is 0 Å². The second-order valence-electron chi connectivity index (χ2n) is 4.15. The van der Waals surface area contributed by atoms with Crippen molar-refractivity contribution in [2.45, 2.75) is 38.1 Å². The molecule has 1 aromatic rings. The summed E-state index contributed by atoms with van der Waals surface area (Å²) in [6, 6.07) is 9.01. The van der Waals surface area contributed by atoms with Gasteiger partial charge in [-0.3, -0.25) is 0 Å². The minimum absolute atomic E-state index is 0.278. The maximum Gasteiger partial charge on any atom is 0.00510 e. The zero-order valence-electron chi connectivity index (χ0n) is 8.16. The van der Waals surface area contributed by atoms with E-state index < -0.39 is 0 Å². The van der Waals surface area contributed by atoms with Crippen molar-refractivity contribution >= 4 is 0 Å². The van der Waals surface area contributed by atoms with Crippen molar-refractivity contribution in [2.75, 3.05) is 0 Å². The molecule has 1 atom stereocenters. The molecule has 13 heavy (non-hydrogen) atoms. The molecule has 0 heterocycles. The average Bonchev–Trinajstić information content (AvgIpc) is 2.87. The van der Waals surface area contributed by atoms with Gasteiger partial charge in [-0.15, -0.1) is 0 Å². The van der Waals surface area contributed by atoms with E-state index in [2.05, 4.69) is 31.2 Å². The number of rotatable bonds is 3. The molecule has 0 bridgehead atoms. The number of nitrogens with two attached hydrogens (primary N) is 1. The molecule has 0 unspecified atom stereocenters. The van der Waals surface area contributed by atoms with Gasteiger partial charge < -0.3 is 5.73 Å². The molecule has 0 radical (unpaired) electrons. The van der Waals surface area contributed by atoms with Gasteiger partial charge in [-0.05, 0) is 43.2 Å². The van der Waals surface area contributed by atoms with Crippen molar-refractivity contribution in [1.82, 2.24) is 0 Å². The zero-order chi connectivity index (χ0) is 9.26. The van der Waals surface area contributed by atoms with Crippen LogP contribution < -0.4 is 5.73 Å². The molecule has 0 aliphatic heterocycles. The molecule has 1 aromatic carbocycles. The van der Waals surface area contributed by atoms with E-state index in [-0.39, 0.29) is 6.04 Å². The molecule has 1 aliphatic rings. The third kappa shape index (κ3) is 2.10. The first-order valence-electron chi connectivity index (χ1n) is 5.11. The lowest BCUT2D eigenvalue weighted by Gasteiger charge is -2.10. The van der Waals surface area contributed by atoms with Gasteiger partial charge in [0.1, 0.15) is 0 Å². The summed E-state index contributed by atoms with van der Waals surface area (Å²) in [5.41, 5.74) is 8.81. The van der Waals surface area contributed by atoms with Crippen LogP contribution in [0.5, 0.6) is 0 Å². The first-order valence-corrected chi connectivity index (χ1v) is 5.11. The largest absolute Gasteiger partial charge is 0.328 e. The molecular formula is C12H17N. The molecule has 0 spiro atoms. The van der Waals surface area contributed by atoms with Crippen LogP contribution in [0.3, 0.4) is 0 Å². The Morgan fingerprint density at radius 1 is 1.38 bits per heavy atom. The van der Waals surface area contributed by atoms with Gasteiger partial charge in [0.05, 0.1) is 0 Å². The van der Waals surface area contributed by atoms with Crippen LogP contribution in [0.1, 0.15) is 36.8 Å². The lowest BCUT2D eigenvalue weighted by molar-refractivity contribution is 0.731. The summed E-state index contributed by atoms with van der Waals surface area (Å²) >= 11 is 0. The molecule has 1 nitrogen and oxygen atoms in total. The van der Waals surface area contributed by atoms with Crippen molar-refractivity contribution in [3.8, 4) is 0 Å². The van der Waals surface area contributed by atoms with Crippen molar-refractivity contribution in [3.05, 3.63) is 35.4 Å². The molecule has 0 aromatic heterocycles. The summed E-state index contributed by atoms with van der Waals surface area (Å²) in [4.78, 5) is 0. The van der Waals surface area contributed by atoms with Crippen molar-refractivity contribution in [2.24, 2.45) is 5.73 Å². The molecule has 2 rings (SSSR count). The quantitative estimate of drug-likeness (QED) is 0.750. The maximum absolute atomic E-state index is 5.81. The third-order valence-corrected chi connectivity index (χ3v) is 2.61. The topological polar surface area (TPSA) is 26.0 Å². The molecule has 1 saturated carbocycles. The highest BCUT2D eigenvalue weighted by molar-refractivity contribution is 5.33. The zero-order valence-corrected chi connectivity index (χ0v) is 8.16. The van der Waals surface area contributed by atoms with E-state index >= 15 is 0 Å². The fourth-order valence-electron chi connectivity index (χ4n) is 1.86. The molecular weight excluding hydrogens is 158 g/mol. The van der Waals surface area contributed by atoms with Gasteiger partial charge in [-0.2, -0.15) is 0 Å². The van der Waals surface area contributed by atoms with E-state index in [1.807, 2.05) is 0 Å². The van der Waals surface area contributed by atoms with Crippen LogP contribution in [-0.4, -0.2) is 6.04 Å². The highest BCUT2D eigenvalue weighted by Crippen LogP contribution is 2.41. The van der Waals surface area contributed by atoms with Crippen LogP contribution in [-0.2, 0) is 6.42 Å². The summed E-state index contributed by atoms with van der Waals surface area (Å²) in [6.45, 7) is 2.07. The predicted octanol–water partition coefficient (Wildman–Crippen LogP) is 2.45. The summed E-state index contributed by atoms with van der Waals surface area (Å²) < 4.78 is 0. The van der Waals surface area contributed by atoms with Gasteiger partial charge >= 0.3 is 0 Å². The Kier molecular flexibility index (Phi) is 2.36. The average molecular weight is 175 g/mol. The molecule has 1 heteroatoms. The smallest absolute Gasteiger partial charge is 0.00510 e. The highest BCUT2D eigenvalue weighted by Gasteiger charge is 2.25. The van der Waals surface area contributed by atoms with E-state index in [1.165, 1.54) is 18.4 Å². The second-order valence-corrected chi connectivity index (χ2v) is 4.15. The minimum atomic E-state index is 0.278. The van der Waals surface area contributed by atoms with Gasteiger partial charge in [-0.25, -0.2) is 0 Å². The van der Waals surface area contributed by atoms with E-state index in [1.54, 1.807) is 5.56 Å². The number of hydrogen-bond acceptors (Lipinski definition) is 1. The summed E-state index contributed by atoms with van der Waals surface area (Å²) in [5.74, 6) is 0.843. The van der Waals surface area contributed by atoms with Crippen LogP contribution in [0.15, 0.2) is 24.3 Å². The monoisotopic (exact) mass is 175 g/mol. The normalized spacial score (nSPS) is 18.6. The first kappa shape index (κ1) is 8.76. The fourth-order valence-corrected chi connectivity index (χ4v) is 1.86. The van der Waals surface area contributed by atoms with Crippen LogP contribution in [0.4, 0.5) is 0 Å². The van der Waals surface area contributed by atoms with Crippen LogP contribution in [0.25, 0.3) is 0 Å². The molecule has 1 aliphatic carbocycles. The van der Waals surface area contributed by atoms with Crippen LogP contribution in [0, 0.1) is 0 Å². The minimum Gasteiger partial charge on any atom is -0.328 e. The van der Waals surface area contributed by atoms with Gasteiger partial charge in [0.25, 0.3) is 0 Å². The molecule has 70 valence electrons. The molecule has 1 fully saturated rings. The van der Waals surface area contributed by atoms with E-state index in [0.717, 1.165) is 12.3 Å². The summed E-state index contributed by atoms with van der Waals surface area (Å²) in [6.07, 6.45) is 3.76. The Bertz CT molecular complexity index is 287.